The maximum absolute atomic E-state index is 5.10. The summed E-state index contributed by atoms with van der Waals surface area (Å²) in [4.78, 5) is 0. The zero-order chi connectivity index (χ0) is 9.84. The molecule has 0 bridgehead atoms. The summed E-state index contributed by atoms with van der Waals surface area (Å²) in [5, 5.41) is 7.03. The molecule has 3 nitrogen and oxygen atoms in total. The largest absolute Gasteiger partial charge is 0.304 e. The quantitative estimate of drug-likeness (QED) is 0.756. The lowest BCUT2D eigenvalue weighted by Gasteiger charge is -2.04. The third kappa shape index (κ3) is 2.66. The molecule has 0 aliphatic carbocycles. The normalized spacial score (nSPS) is 11.1. The third-order valence-electron chi connectivity index (χ3n) is 2.10. The van der Waals surface area contributed by atoms with Gasteiger partial charge in [-0.25, -0.2) is 0 Å². The summed E-state index contributed by atoms with van der Waals surface area (Å²) in [6, 6.07) is 0. The summed E-state index contributed by atoms with van der Waals surface area (Å²) in [7, 11) is 0. The summed E-state index contributed by atoms with van der Waals surface area (Å²) in [6.07, 6.45) is 2.18. The van der Waals surface area contributed by atoms with Gasteiger partial charge in [0.05, 0.1) is 0 Å². The van der Waals surface area contributed by atoms with Crippen molar-refractivity contribution in [3.63, 3.8) is 0 Å². The number of aromatic nitrogens is 3. The first kappa shape index (κ1) is 10.4. The van der Waals surface area contributed by atoms with E-state index in [2.05, 4.69) is 35.5 Å². The second kappa shape index (κ2) is 4.56. The van der Waals surface area contributed by atoms with E-state index in [0.717, 1.165) is 29.5 Å². The molecule has 13 heavy (non-hydrogen) atoms. The molecule has 0 aliphatic rings. The van der Waals surface area contributed by atoms with Gasteiger partial charge >= 0.3 is 0 Å². The smallest absolute Gasteiger partial charge is 0.195 e. The van der Waals surface area contributed by atoms with Crippen molar-refractivity contribution >= 4 is 12.2 Å². The number of nitrogens with zero attached hydrogens (tertiary/aromatic N) is 2. The molecule has 0 aliphatic heterocycles. The topological polar surface area (TPSA) is 33.6 Å². The Hall–Kier alpha value is -0.640. The molecular weight excluding hydrogens is 182 g/mol. The van der Waals surface area contributed by atoms with Gasteiger partial charge in [0.1, 0.15) is 5.82 Å². The molecule has 1 heterocycles. The highest BCUT2D eigenvalue weighted by atomic mass is 32.1. The lowest BCUT2D eigenvalue weighted by atomic mass is 10.1. The van der Waals surface area contributed by atoms with E-state index >= 15 is 0 Å². The van der Waals surface area contributed by atoms with E-state index in [1.54, 1.807) is 0 Å². The molecule has 0 unspecified atom stereocenters. The van der Waals surface area contributed by atoms with E-state index in [1.807, 2.05) is 0 Å². The highest BCUT2D eigenvalue weighted by Crippen LogP contribution is 2.07. The van der Waals surface area contributed by atoms with Gasteiger partial charge in [-0.3, -0.25) is 5.10 Å². The lowest BCUT2D eigenvalue weighted by Crippen LogP contribution is -2.03. The Kier molecular flexibility index (Phi) is 3.66. The van der Waals surface area contributed by atoms with Gasteiger partial charge in [0, 0.05) is 13.0 Å². The van der Waals surface area contributed by atoms with Crippen LogP contribution >= 0.6 is 12.2 Å². The Labute approximate surface area is 84.2 Å². The molecule has 74 valence electrons. The van der Waals surface area contributed by atoms with E-state index in [-0.39, 0.29) is 0 Å². The Morgan fingerprint density at radius 1 is 1.54 bits per heavy atom. The zero-order valence-corrected chi connectivity index (χ0v) is 9.32. The van der Waals surface area contributed by atoms with Gasteiger partial charge in [0.15, 0.2) is 4.77 Å². The van der Waals surface area contributed by atoms with Crippen LogP contribution in [0.5, 0.6) is 0 Å². The highest BCUT2D eigenvalue weighted by molar-refractivity contribution is 7.71. The van der Waals surface area contributed by atoms with Crippen LogP contribution in [0.3, 0.4) is 0 Å². The first-order valence-corrected chi connectivity index (χ1v) is 5.20. The third-order valence-corrected chi connectivity index (χ3v) is 2.41. The summed E-state index contributed by atoms with van der Waals surface area (Å²) < 4.78 is 2.79. The van der Waals surface area contributed by atoms with E-state index < -0.39 is 0 Å². The van der Waals surface area contributed by atoms with Crippen molar-refractivity contribution in [2.75, 3.05) is 0 Å². The number of H-pyrrole nitrogens is 1. The molecule has 4 heteroatoms. The SMILES string of the molecule is CCn1c(CCC(C)C)n[nH]c1=S. The minimum Gasteiger partial charge on any atom is -0.304 e. The fourth-order valence-corrected chi connectivity index (χ4v) is 1.57. The van der Waals surface area contributed by atoms with Gasteiger partial charge in [-0.15, -0.1) is 0 Å². The predicted molar refractivity (Wildman–Crippen MR) is 56.2 cm³/mol. The molecule has 1 rings (SSSR count). The van der Waals surface area contributed by atoms with Gasteiger partial charge < -0.3 is 4.57 Å². The molecule has 1 aromatic heterocycles. The molecule has 0 fully saturated rings. The predicted octanol–water partition coefficient (Wildman–Crippen LogP) is 2.55. The molecule has 0 radical (unpaired) electrons. The summed E-state index contributed by atoms with van der Waals surface area (Å²) in [6.45, 7) is 7.43. The summed E-state index contributed by atoms with van der Waals surface area (Å²) in [5.74, 6) is 1.80. The Bertz CT molecular complexity index is 311. The molecule has 0 atom stereocenters. The van der Waals surface area contributed by atoms with Gasteiger partial charge in [-0.2, -0.15) is 5.10 Å². The van der Waals surface area contributed by atoms with Crippen molar-refractivity contribution in [3.05, 3.63) is 10.6 Å². The number of aromatic amines is 1. The van der Waals surface area contributed by atoms with Crippen LogP contribution in [0.15, 0.2) is 0 Å². The van der Waals surface area contributed by atoms with Crippen LogP contribution in [-0.2, 0) is 13.0 Å². The number of rotatable bonds is 4. The van der Waals surface area contributed by atoms with Gasteiger partial charge in [-0.05, 0) is 31.5 Å². The zero-order valence-electron chi connectivity index (χ0n) is 8.50. The fraction of sp³-hybridized carbons (Fsp3) is 0.778. The summed E-state index contributed by atoms with van der Waals surface area (Å²) in [5.41, 5.74) is 0. The van der Waals surface area contributed by atoms with E-state index in [1.165, 1.54) is 6.42 Å². The number of aryl methyl sites for hydroxylation is 1. The van der Waals surface area contributed by atoms with Crippen LogP contribution in [-0.4, -0.2) is 14.8 Å². The monoisotopic (exact) mass is 199 g/mol. The fourth-order valence-electron chi connectivity index (χ4n) is 1.29. The molecule has 0 spiro atoms. The van der Waals surface area contributed by atoms with E-state index in [0.29, 0.717) is 0 Å². The van der Waals surface area contributed by atoms with Crippen LogP contribution < -0.4 is 0 Å². The first-order valence-electron chi connectivity index (χ1n) is 4.79. The van der Waals surface area contributed by atoms with Gasteiger partial charge in [0.25, 0.3) is 0 Å². The number of hydrogen-bond acceptors (Lipinski definition) is 2. The van der Waals surface area contributed by atoms with Crippen LogP contribution in [0.4, 0.5) is 0 Å². The number of hydrogen-bond donors (Lipinski definition) is 1. The molecule has 0 amide bonds. The minimum atomic E-state index is 0.718. The molecule has 1 N–H and O–H groups in total. The van der Waals surface area contributed by atoms with Crippen molar-refractivity contribution in [1.82, 2.24) is 14.8 Å². The van der Waals surface area contributed by atoms with Crippen LogP contribution in [0.25, 0.3) is 0 Å². The standard InChI is InChI=1S/C9H17N3S/c1-4-12-8(6-5-7(2)3)10-11-9(12)13/h7H,4-6H2,1-3H3,(H,11,13). The average Bonchev–Trinajstić information content (AvgIpc) is 2.42. The van der Waals surface area contributed by atoms with Crippen LogP contribution in [0.2, 0.25) is 0 Å². The Balaban J connectivity index is 2.71. The first-order chi connectivity index (χ1) is 6.15. The Morgan fingerprint density at radius 3 is 2.77 bits per heavy atom. The van der Waals surface area contributed by atoms with Gasteiger partial charge in [0.2, 0.25) is 0 Å². The maximum atomic E-state index is 5.10. The number of nitrogens with one attached hydrogen (secondary N) is 1. The van der Waals surface area contributed by atoms with Crippen molar-refractivity contribution in [2.45, 2.75) is 40.2 Å². The van der Waals surface area contributed by atoms with Crippen molar-refractivity contribution < 1.29 is 0 Å². The minimum absolute atomic E-state index is 0.718. The average molecular weight is 199 g/mol. The highest BCUT2D eigenvalue weighted by Gasteiger charge is 2.04. The van der Waals surface area contributed by atoms with Gasteiger partial charge in [-0.1, -0.05) is 13.8 Å². The maximum Gasteiger partial charge on any atom is 0.195 e. The van der Waals surface area contributed by atoms with Crippen LogP contribution in [0.1, 0.15) is 33.0 Å². The van der Waals surface area contributed by atoms with Crippen molar-refractivity contribution in [1.29, 1.82) is 0 Å². The Morgan fingerprint density at radius 2 is 2.23 bits per heavy atom. The molecular formula is C9H17N3S. The van der Waals surface area contributed by atoms with Crippen LogP contribution in [0, 0.1) is 10.7 Å². The van der Waals surface area contributed by atoms with E-state index in [9.17, 15) is 0 Å². The molecule has 0 saturated heterocycles. The molecule has 1 aromatic rings. The van der Waals surface area contributed by atoms with Crippen molar-refractivity contribution in [3.8, 4) is 0 Å². The van der Waals surface area contributed by atoms with Crippen molar-refractivity contribution in [2.24, 2.45) is 5.92 Å². The molecule has 0 saturated carbocycles. The van der Waals surface area contributed by atoms with E-state index in [4.69, 9.17) is 12.2 Å². The second-order valence-electron chi connectivity index (χ2n) is 3.62. The second-order valence-corrected chi connectivity index (χ2v) is 4.01. The summed E-state index contributed by atoms with van der Waals surface area (Å²) >= 11 is 5.10. The molecule has 0 aromatic carbocycles. The lowest BCUT2D eigenvalue weighted by molar-refractivity contribution is 0.556.